The molecule has 0 saturated heterocycles. The van der Waals surface area contributed by atoms with Crippen LogP contribution in [0, 0.1) is 0 Å². The first-order chi connectivity index (χ1) is 10.9. The van der Waals surface area contributed by atoms with Crippen LogP contribution in [0.2, 0.25) is 0 Å². The summed E-state index contributed by atoms with van der Waals surface area (Å²) in [6.07, 6.45) is 17.3. The average molecular weight is 301 g/mol. The van der Waals surface area contributed by atoms with E-state index in [1.165, 1.54) is 76.2 Å². The molecule has 0 radical (unpaired) electrons. The monoisotopic (exact) mass is 301 g/mol. The smallest absolute Gasteiger partial charge is 0.211 e. The van der Waals surface area contributed by atoms with Crippen LogP contribution in [0.3, 0.4) is 0 Å². The van der Waals surface area contributed by atoms with Gasteiger partial charge < -0.3 is 0 Å². The average Bonchev–Trinajstić information content (AvgIpc) is 2.56. The van der Waals surface area contributed by atoms with Crippen molar-refractivity contribution in [2.24, 2.45) is 4.99 Å². The maximum atomic E-state index is 9.89. The molecule has 1 aromatic rings. The van der Waals surface area contributed by atoms with Crippen LogP contribution in [-0.4, -0.2) is 12.6 Å². The largest absolute Gasteiger partial charge is 0.234 e. The summed E-state index contributed by atoms with van der Waals surface area (Å²) in [6, 6.07) is 10.8. The maximum Gasteiger partial charge on any atom is 0.234 e. The molecule has 0 heterocycles. The third kappa shape index (κ3) is 11.3. The van der Waals surface area contributed by atoms with Gasteiger partial charge in [0.25, 0.3) is 0 Å². The number of benzene rings is 1. The molecule has 0 bridgehead atoms. The SMILES string of the molecule is O=C=NCCCCCCCCCCCCCc1ccccc1. The van der Waals surface area contributed by atoms with Crippen molar-refractivity contribution in [3.63, 3.8) is 0 Å². The molecule has 0 aliphatic rings. The molecule has 22 heavy (non-hydrogen) atoms. The number of rotatable bonds is 14. The van der Waals surface area contributed by atoms with Gasteiger partial charge in [0, 0.05) is 0 Å². The van der Waals surface area contributed by atoms with Gasteiger partial charge in [0.2, 0.25) is 6.08 Å². The quantitative estimate of drug-likeness (QED) is 0.240. The lowest BCUT2D eigenvalue weighted by Crippen LogP contribution is -1.86. The molecular formula is C20H31NO. The van der Waals surface area contributed by atoms with Crippen LogP contribution in [0.5, 0.6) is 0 Å². The highest BCUT2D eigenvalue weighted by Crippen LogP contribution is 2.12. The number of isocyanates is 1. The van der Waals surface area contributed by atoms with Gasteiger partial charge in [-0.25, -0.2) is 9.79 Å². The minimum absolute atomic E-state index is 0.659. The van der Waals surface area contributed by atoms with E-state index in [1.54, 1.807) is 6.08 Å². The summed E-state index contributed by atoms with van der Waals surface area (Å²) in [5, 5.41) is 0. The van der Waals surface area contributed by atoms with Gasteiger partial charge in [-0.15, -0.1) is 0 Å². The van der Waals surface area contributed by atoms with E-state index in [9.17, 15) is 4.79 Å². The zero-order valence-electron chi connectivity index (χ0n) is 13.9. The number of nitrogens with zero attached hydrogens (tertiary/aromatic N) is 1. The van der Waals surface area contributed by atoms with Gasteiger partial charge in [0.1, 0.15) is 0 Å². The van der Waals surface area contributed by atoms with Gasteiger partial charge in [0.05, 0.1) is 6.54 Å². The van der Waals surface area contributed by atoms with Crippen molar-refractivity contribution in [1.82, 2.24) is 0 Å². The molecule has 0 amide bonds. The standard InChI is InChI=1S/C20H31NO/c22-19-21-18-14-9-7-5-3-1-2-4-6-8-11-15-20-16-12-10-13-17-20/h10,12-13,16-17H,1-9,11,14-15,18H2. The van der Waals surface area contributed by atoms with Crippen LogP contribution in [0.15, 0.2) is 35.3 Å². The molecule has 1 aromatic carbocycles. The van der Waals surface area contributed by atoms with Crippen molar-refractivity contribution in [3.05, 3.63) is 35.9 Å². The van der Waals surface area contributed by atoms with Crippen molar-refractivity contribution in [2.75, 3.05) is 6.54 Å². The van der Waals surface area contributed by atoms with Crippen LogP contribution in [0.4, 0.5) is 0 Å². The van der Waals surface area contributed by atoms with Crippen molar-refractivity contribution >= 4 is 6.08 Å². The predicted octanol–water partition coefficient (Wildman–Crippen LogP) is 5.86. The molecule has 0 aliphatic carbocycles. The fourth-order valence-corrected chi connectivity index (χ4v) is 2.80. The first-order valence-corrected chi connectivity index (χ1v) is 9.01. The first-order valence-electron chi connectivity index (χ1n) is 9.01. The zero-order valence-corrected chi connectivity index (χ0v) is 13.9. The Labute approximate surface area is 136 Å². The topological polar surface area (TPSA) is 29.4 Å². The summed E-state index contributed by atoms with van der Waals surface area (Å²) >= 11 is 0. The van der Waals surface area contributed by atoms with Gasteiger partial charge in [0.15, 0.2) is 0 Å². The second kappa shape index (κ2) is 14.5. The molecule has 0 N–H and O–H groups in total. The Kier molecular flexibility index (Phi) is 12.3. The van der Waals surface area contributed by atoms with Crippen LogP contribution >= 0.6 is 0 Å². The summed E-state index contributed by atoms with van der Waals surface area (Å²) in [4.78, 5) is 13.5. The Morgan fingerprint density at radius 3 is 1.73 bits per heavy atom. The number of aryl methyl sites for hydroxylation is 1. The maximum absolute atomic E-state index is 9.89. The van der Waals surface area contributed by atoms with E-state index < -0.39 is 0 Å². The second-order valence-electron chi connectivity index (χ2n) is 6.10. The lowest BCUT2D eigenvalue weighted by molar-refractivity contribution is 0.544. The van der Waals surface area contributed by atoms with E-state index in [0.29, 0.717) is 6.54 Å². The van der Waals surface area contributed by atoms with Gasteiger partial charge in [-0.2, -0.15) is 0 Å². The highest BCUT2D eigenvalue weighted by Gasteiger charge is 1.95. The molecule has 0 aliphatic heterocycles. The number of unbranched alkanes of at least 4 members (excludes halogenated alkanes) is 10. The molecule has 2 nitrogen and oxygen atoms in total. The Morgan fingerprint density at radius 2 is 1.18 bits per heavy atom. The predicted molar refractivity (Wildman–Crippen MR) is 93.9 cm³/mol. The van der Waals surface area contributed by atoms with Gasteiger partial charge >= 0.3 is 0 Å². The molecular weight excluding hydrogens is 270 g/mol. The number of aliphatic imine (C=N–C) groups is 1. The number of hydrogen-bond acceptors (Lipinski definition) is 2. The highest BCUT2D eigenvalue weighted by molar-refractivity contribution is 5.32. The Balaban J connectivity index is 1.76. The first kappa shape index (κ1) is 18.6. The van der Waals surface area contributed by atoms with E-state index in [2.05, 4.69) is 35.3 Å². The van der Waals surface area contributed by atoms with Gasteiger partial charge in [-0.3, -0.25) is 0 Å². The Morgan fingerprint density at radius 1 is 0.682 bits per heavy atom. The van der Waals surface area contributed by atoms with Crippen LogP contribution < -0.4 is 0 Å². The summed E-state index contributed by atoms with van der Waals surface area (Å²) in [6.45, 7) is 0.659. The van der Waals surface area contributed by atoms with Crippen molar-refractivity contribution < 1.29 is 4.79 Å². The van der Waals surface area contributed by atoms with E-state index in [1.807, 2.05) is 0 Å². The zero-order chi connectivity index (χ0) is 15.7. The van der Waals surface area contributed by atoms with Gasteiger partial charge in [-0.1, -0.05) is 88.1 Å². The molecule has 0 unspecified atom stereocenters. The van der Waals surface area contributed by atoms with Crippen molar-refractivity contribution in [3.8, 4) is 0 Å². The normalized spacial score (nSPS) is 10.4. The van der Waals surface area contributed by atoms with E-state index in [-0.39, 0.29) is 0 Å². The van der Waals surface area contributed by atoms with E-state index >= 15 is 0 Å². The summed E-state index contributed by atoms with van der Waals surface area (Å²) < 4.78 is 0. The summed E-state index contributed by atoms with van der Waals surface area (Å²) in [5.41, 5.74) is 1.47. The van der Waals surface area contributed by atoms with Crippen LogP contribution in [0.1, 0.15) is 76.2 Å². The van der Waals surface area contributed by atoms with Crippen LogP contribution in [-0.2, 0) is 11.2 Å². The molecule has 0 spiro atoms. The van der Waals surface area contributed by atoms with Gasteiger partial charge in [-0.05, 0) is 24.8 Å². The lowest BCUT2D eigenvalue weighted by Gasteiger charge is -2.03. The molecule has 1 rings (SSSR count). The Bertz CT molecular complexity index is 395. The fourth-order valence-electron chi connectivity index (χ4n) is 2.80. The minimum atomic E-state index is 0.659. The molecule has 0 saturated carbocycles. The second-order valence-corrected chi connectivity index (χ2v) is 6.10. The number of carbonyl (C=O) groups excluding carboxylic acids is 1. The molecule has 0 atom stereocenters. The molecule has 0 fully saturated rings. The summed E-state index contributed by atoms with van der Waals surface area (Å²) in [5.74, 6) is 0. The molecule has 2 heteroatoms. The van der Waals surface area contributed by atoms with E-state index in [0.717, 1.165) is 6.42 Å². The highest BCUT2D eigenvalue weighted by atomic mass is 16.1. The lowest BCUT2D eigenvalue weighted by atomic mass is 10.0. The third-order valence-electron chi connectivity index (χ3n) is 4.14. The minimum Gasteiger partial charge on any atom is -0.211 e. The van der Waals surface area contributed by atoms with E-state index in [4.69, 9.17) is 0 Å². The molecule has 0 aromatic heterocycles. The van der Waals surface area contributed by atoms with Crippen LogP contribution in [0.25, 0.3) is 0 Å². The third-order valence-corrected chi connectivity index (χ3v) is 4.14. The fraction of sp³-hybridized carbons (Fsp3) is 0.650. The Hall–Kier alpha value is -1.40. The van der Waals surface area contributed by atoms with Crippen molar-refractivity contribution in [1.29, 1.82) is 0 Å². The number of hydrogen-bond donors (Lipinski definition) is 0. The summed E-state index contributed by atoms with van der Waals surface area (Å²) in [7, 11) is 0. The van der Waals surface area contributed by atoms with Crippen molar-refractivity contribution in [2.45, 2.75) is 77.0 Å². The molecule has 122 valence electrons.